The van der Waals surface area contributed by atoms with Gasteiger partial charge in [-0.1, -0.05) is 0 Å². The van der Waals surface area contributed by atoms with Crippen LogP contribution in [0.3, 0.4) is 0 Å². The van der Waals surface area contributed by atoms with Crippen molar-refractivity contribution in [2.45, 2.75) is 38.3 Å². The van der Waals surface area contributed by atoms with Crippen molar-refractivity contribution in [3.63, 3.8) is 0 Å². The number of aromatic nitrogens is 2. The molecule has 84 valence electrons. The van der Waals surface area contributed by atoms with Gasteiger partial charge < -0.3 is 14.4 Å². The maximum absolute atomic E-state index is 9.76. The van der Waals surface area contributed by atoms with Crippen molar-refractivity contribution in [3.8, 4) is 0 Å². The van der Waals surface area contributed by atoms with Crippen molar-refractivity contribution < 1.29 is 9.84 Å². The summed E-state index contributed by atoms with van der Waals surface area (Å²) in [6.45, 7) is 1.76. The number of rotatable bonds is 4. The molecule has 2 heterocycles. The standard InChI is InChI=1S/C11H18N2O2/c1-15-7-3-5-11-12-8-9-10(14)4-2-6-13(9)11/h8,10,14H,2-7H2,1H3. The fraction of sp³-hybridized carbons (Fsp3) is 0.727. The summed E-state index contributed by atoms with van der Waals surface area (Å²) in [5.74, 6) is 1.08. The SMILES string of the molecule is COCCCc1ncc2n1CCCC2O. The van der Waals surface area contributed by atoms with Crippen molar-refractivity contribution in [2.24, 2.45) is 0 Å². The Balaban J connectivity index is 2.06. The number of aryl methyl sites for hydroxylation is 1. The molecule has 4 heteroatoms. The molecule has 0 saturated carbocycles. The molecule has 0 saturated heterocycles. The van der Waals surface area contributed by atoms with Crippen LogP contribution in [0.2, 0.25) is 0 Å². The average molecular weight is 210 g/mol. The van der Waals surface area contributed by atoms with Crippen molar-refractivity contribution >= 4 is 0 Å². The Hall–Kier alpha value is -0.870. The first kappa shape index (κ1) is 10.6. The molecular formula is C11H18N2O2. The Labute approximate surface area is 89.9 Å². The molecule has 0 aliphatic carbocycles. The second-order valence-electron chi connectivity index (χ2n) is 4.01. The lowest BCUT2D eigenvalue weighted by Gasteiger charge is -2.21. The van der Waals surface area contributed by atoms with Crippen molar-refractivity contribution in [1.29, 1.82) is 0 Å². The van der Waals surface area contributed by atoms with Crippen LogP contribution in [0.5, 0.6) is 0 Å². The van der Waals surface area contributed by atoms with E-state index in [-0.39, 0.29) is 6.10 Å². The molecule has 0 bridgehead atoms. The number of methoxy groups -OCH3 is 1. The van der Waals surface area contributed by atoms with Gasteiger partial charge in [0.2, 0.25) is 0 Å². The molecule has 1 aliphatic heterocycles. The van der Waals surface area contributed by atoms with E-state index in [9.17, 15) is 5.11 Å². The highest BCUT2D eigenvalue weighted by Crippen LogP contribution is 2.25. The number of nitrogens with zero attached hydrogens (tertiary/aromatic N) is 2. The zero-order valence-corrected chi connectivity index (χ0v) is 9.15. The van der Waals surface area contributed by atoms with Crippen LogP contribution in [0.25, 0.3) is 0 Å². The molecule has 2 rings (SSSR count). The monoisotopic (exact) mass is 210 g/mol. The molecule has 1 aromatic heterocycles. The zero-order chi connectivity index (χ0) is 10.7. The van der Waals surface area contributed by atoms with Crippen LogP contribution < -0.4 is 0 Å². The average Bonchev–Trinajstić information content (AvgIpc) is 2.64. The second-order valence-corrected chi connectivity index (χ2v) is 4.01. The van der Waals surface area contributed by atoms with Gasteiger partial charge in [0.05, 0.1) is 18.0 Å². The lowest BCUT2D eigenvalue weighted by atomic mass is 10.1. The molecule has 4 nitrogen and oxygen atoms in total. The molecule has 15 heavy (non-hydrogen) atoms. The first-order valence-corrected chi connectivity index (χ1v) is 5.54. The number of aliphatic hydroxyl groups is 1. The Bertz CT molecular complexity index is 322. The maximum Gasteiger partial charge on any atom is 0.109 e. The molecule has 1 aliphatic rings. The molecule has 0 spiro atoms. The van der Waals surface area contributed by atoms with E-state index in [1.807, 2.05) is 6.20 Å². The van der Waals surface area contributed by atoms with Crippen LogP contribution >= 0.6 is 0 Å². The van der Waals surface area contributed by atoms with Crippen molar-refractivity contribution in [3.05, 3.63) is 17.7 Å². The van der Waals surface area contributed by atoms with Crippen LogP contribution in [0.4, 0.5) is 0 Å². The van der Waals surface area contributed by atoms with Gasteiger partial charge in [0, 0.05) is 26.7 Å². The molecule has 0 amide bonds. The Kier molecular flexibility index (Phi) is 3.38. The van der Waals surface area contributed by atoms with Gasteiger partial charge in [-0.25, -0.2) is 4.98 Å². The Morgan fingerprint density at radius 1 is 1.67 bits per heavy atom. The summed E-state index contributed by atoms with van der Waals surface area (Å²) in [5.41, 5.74) is 0.980. The zero-order valence-electron chi connectivity index (χ0n) is 9.15. The maximum atomic E-state index is 9.76. The Morgan fingerprint density at radius 2 is 2.53 bits per heavy atom. The van der Waals surface area contributed by atoms with E-state index in [2.05, 4.69) is 9.55 Å². The first-order valence-electron chi connectivity index (χ1n) is 5.54. The highest BCUT2D eigenvalue weighted by molar-refractivity contribution is 5.10. The van der Waals surface area contributed by atoms with Crippen LogP contribution in [0, 0.1) is 0 Å². The summed E-state index contributed by atoms with van der Waals surface area (Å²) in [7, 11) is 1.71. The second kappa shape index (κ2) is 4.77. The quantitative estimate of drug-likeness (QED) is 0.762. The minimum atomic E-state index is -0.317. The minimum absolute atomic E-state index is 0.317. The van der Waals surface area contributed by atoms with Crippen LogP contribution in [-0.4, -0.2) is 28.4 Å². The van der Waals surface area contributed by atoms with Gasteiger partial charge in [0.25, 0.3) is 0 Å². The van der Waals surface area contributed by atoms with Gasteiger partial charge in [0.1, 0.15) is 5.82 Å². The molecule has 1 N–H and O–H groups in total. The molecule has 0 aromatic carbocycles. The van der Waals surface area contributed by atoms with E-state index < -0.39 is 0 Å². The van der Waals surface area contributed by atoms with Crippen molar-refractivity contribution in [1.82, 2.24) is 9.55 Å². The normalized spacial score (nSPS) is 20.3. The minimum Gasteiger partial charge on any atom is -0.387 e. The largest absolute Gasteiger partial charge is 0.387 e. The highest BCUT2D eigenvalue weighted by atomic mass is 16.5. The molecule has 0 radical (unpaired) electrons. The summed E-state index contributed by atoms with van der Waals surface area (Å²) in [6, 6.07) is 0. The molecular weight excluding hydrogens is 192 g/mol. The smallest absolute Gasteiger partial charge is 0.109 e. The highest BCUT2D eigenvalue weighted by Gasteiger charge is 2.20. The third kappa shape index (κ3) is 2.21. The van der Waals surface area contributed by atoms with E-state index in [1.165, 1.54) is 0 Å². The molecule has 1 unspecified atom stereocenters. The number of hydrogen-bond donors (Lipinski definition) is 1. The van der Waals surface area contributed by atoms with Crippen LogP contribution in [0.15, 0.2) is 6.20 Å². The fourth-order valence-corrected chi connectivity index (χ4v) is 2.12. The summed E-state index contributed by atoms with van der Waals surface area (Å²) in [6.07, 6.45) is 5.32. The summed E-state index contributed by atoms with van der Waals surface area (Å²) in [4.78, 5) is 4.37. The number of imidazole rings is 1. The number of hydrogen-bond acceptors (Lipinski definition) is 3. The van der Waals surface area contributed by atoms with Gasteiger partial charge in [-0.15, -0.1) is 0 Å². The topological polar surface area (TPSA) is 47.3 Å². The summed E-state index contributed by atoms with van der Waals surface area (Å²) in [5, 5.41) is 9.76. The first-order chi connectivity index (χ1) is 7.33. The van der Waals surface area contributed by atoms with Crippen LogP contribution in [-0.2, 0) is 17.7 Å². The molecule has 0 fully saturated rings. The predicted molar refractivity (Wildman–Crippen MR) is 56.6 cm³/mol. The van der Waals surface area contributed by atoms with E-state index in [4.69, 9.17) is 4.74 Å². The molecule has 1 aromatic rings. The Morgan fingerprint density at radius 3 is 3.33 bits per heavy atom. The van der Waals surface area contributed by atoms with Gasteiger partial charge in [-0.2, -0.15) is 0 Å². The number of ether oxygens (including phenoxy) is 1. The fourth-order valence-electron chi connectivity index (χ4n) is 2.12. The van der Waals surface area contributed by atoms with Crippen LogP contribution in [0.1, 0.15) is 36.9 Å². The molecule has 1 atom stereocenters. The lowest BCUT2D eigenvalue weighted by Crippen LogP contribution is -2.17. The van der Waals surface area contributed by atoms with E-state index in [1.54, 1.807) is 7.11 Å². The third-order valence-corrected chi connectivity index (χ3v) is 2.92. The number of fused-ring (bicyclic) bond motifs is 1. The predicted octanol–water partition coefficient (Wildman–Crippen LogP) is 1.29. The van der Waals surface area contributed by atoms with Gasteiger partial charge in [0.15, 0.2) is 0 Å². The van der Waals surface area contributed by atoms with Gasteiger partial charge >= 0.3 is 0 Å². The third-order valence-electron chi connectivity index (χ3n) is 2.92. The number of aliphatic hydroxyl groups excluding tert-OH is 1. The van der Waals surface area contributed by atoms with Gasteiger partial charge in [-0.3, -0.25) is 0 Å². The summed E-state index contributed by atoms with van der Waals surface area (Å²) < 4.78 is 7.18. The van der Waals surface area contributed by atoms with Crippen molar-refractivity contribution in [2.75, 3.05) is 13.7 Å². The van der Waals surface area contributed by atoms with Gasteiger partial charge in [-0.05, 0) is 19.3 Å². The lowest BCUT2D eigenvalue weighted by molar-refractivity contribution is 0.138. The van der Waals surface area contributed by atoms with E-state index in [0.717, 1.165) is 50.4 Å². The summed E-state index contributed by atoms with van der Waals surface area (Å²) >= 11 is 0. The van der Waals surface area contributed by atoms with E-state index in [0.29, 0.717) is 0 Å². The van der Waals surface area contributed by atoms with E-state index >= 15 is 0 Å².